The highest BCUT2D eigenvalue weighted by Gasteiger charge is 2.38. The maximum atomic E-state index is 12.5. The van der Waals surface area contributed by atoms with Crippen molar-refractivity contribution in [2.45, 2.75) is 31.5 Å². The maximum Gasteiger partial charge on any atom is 0.471 e. The Labute approximate surface area is 137 Å². The number of hydrogen-bond acceptors (Lipinski definition) is 7. The molecule has 8 nitrogen and oxygen atoms in total. The highest BCUT2D eigenvalue weighted by molar-refractivity contribution is 5.52. The van der Waals surface area contributed by atoms with Gasteiger partial charge in [-0.05, 0) is 18.9 Å². The maximum absolute atomic E-state index is 12.5. The van der Waals surface area contributed by atoms with Gasteiger partial charge in [0, 0.05) is 23.7 Å². The van der Waals surface area contributed by atoms with Gasteiger partial charge >= 0.3 is 12.1 Å². The van der Waals surface area contributed by atoms with Crippen molar-refractivity contribution in [1.82, 2.24) is 24.8 Å². The lowest BCUT2D eigenvalue weighted by Crippen LogP contribution is -2.19. The molecule has 0 unspecified atom stereocenters. The smallest absolute Gasteiger partial charge is 0.337 e. The average Bonchev–Trinajstić information content (AvgIpc) is 3.09. The van der Waals surface area contributed by atoms with Gasteiger partial charge in [0.05, 0.1) is 0 Å². The third kappa shape index (κ3) is 3.16. The molecule has 0 bridgehead atoms. The largest absolute Gasteiger partial charge is 0.471 e. The molecule has 11 heteroatoms. The molecule has 1 saturated carbocycles. The van der Waals surface area contributed by atoms with Gasteiger partial charge in [-0.25, -0.2) is 0 Å². The summed E-state index contributed by atoms with van der Waals surface area (Å²) in [5.41, 5.74) is -0.355. The lowest BCUT2D eigenvalue weighted by atomic mass is 10.2. The summed E-state index contributed by atoms with van der Waals surface area (Å²) < 4.78 is 48.0. The summed E-state index contributed by atoms with van der Waals surface area (Å²) in [5, 5.41) is 7.10. The van der Waals surface area contributed by atoms with Crippen LogP contribution in [0.15, 0.2) is 32.2 Å². The van der Waals surface area contributed by atoms with Gasteiger partial charge in [0.15, 0.2) is 5.82 Å². The van der Waals surface area contributed by atoms with E-state index < -0.39 is 17.6 Å². The number of hydrogen-bond donors (Lipinski definition) is 0. The van der Waals surface area contributed by atoms with Crippen molar-refractivity contribution in [1.29, 1.82) is 0 Å². The molecule has 25 heavy (non-hydrogen) atoms. The Morgan fingerprint density at radius 3 is 2.64 bits per heavy atom. The van der Waals surface area contributed by atoms with E-state index in [2.05, 4.69) is 24.8 Å². The minimum absolute atomic E-state index is 0.0683. The Kier molecular flexibility index (Phi) is 3.44. The molecule has 0 aliphatic heterocycles. The van der Waals surface area contributed by atoms with Crippen LogP contribution in [0.2, 0.25) is 0 Å². The number of aromatic nitrogens is 5. The van der Waals surface area contributed by atoms with Crippen molar-refractivity contribution in [3.05, 3.63) is 46.3 Å². The minimum atomic E-state index is -4.74. The molecule has 0 saturated heterocycles. The summed E-state index contributed by atoms with van der Waals surface area (Å²) in [5.74, 6) is -0.532. The van der Waals surface area contributed by atoms with Crippen LogP contribution >= 0.6 is 0 Å². The second-order valence-corrected chi connectivity index (χ2v) is 5.62. The Bertz CT molecular complexity index is 970. The summed E-state index contributed by atoms with van der Waals surface area (Å²) in [4.78, 5) is 19.6. The van der Waals surface area contributed by atoms with E-state index in [9.17, 15) is 18.0 Å². The third-order valence-electron chi connectivity index (χ3n) is 3.65. The molecular formula is C14H10F3N5O3. The molecule has 1 aliphatic carbocycles. The van der Waals surface area contributed by atoms with E-state index >= 15 is 0 Å². The minimum Gasteiger partial charge on any atom is -0.337 e. The van der Waals surface area contributed by atoms with E-state index in [1.165, 1.54) is 16.8 Å². The van der Waals surface area contributed by atoms with Crippen LogP contribution in [0.3, 0.4) is 0 Å². The van der Waals surface area contributed by atoms with Crippen molar-refractivity contribution < 1.29 is 22.2 Å². The zero-order chi connectivity index (χ0) is 17.6. The summed E-state index contributed by atoms with van der Waals surface area (Å²) in [6, 6.07) is 2.52. The fraction of sp³-hybridized carbons (Fsp3) is 0.357. The second-order valence-electron chi connectivity index (χ2n) is 5.62. The van der Waals surface area contributed by atoms with E-state index in [4.69, 9.17) is 4.52 Å². The zero-order valence-electron chi connectivity index (χ0n) is 12.5. The molecular weight excluding hydrogens is 343 g/mol. The molecule has 0 spiro atoms. The highest BCUT2D eigenvalue weighted by Crippen LogP contribution is 2.38. The molecule has 3 aromatic rings. The topological polar surface area (TPSA) is 99.8 Å². The van der Waals surface area contributed by atoms with E-state index in [-0.39, 0.29) is 23.8 Å². The van der Waals surface area contributed by atoms with Gasteiger partial charge in [-0.3, -0.25) is 4.79 Å². The molecule has 3 heterocycles. The Hall–Kier alpha value is -2.98. The van der Waals surface area contributed by atoms with Crippen LogP contribution in [0.4, 0.5) is 13.2 Å². The molecule has 0 aromatic carbocycles. The third-order valence-corrected chi connectivity index (χ3v) is 3.65. The van der Waals surface area contributed by atoms with Crippen molar-refractivity contribution >= 4 is 0 Å². The number of nitrogens with zero attached hydrogens (tertiary/aromatic N) is 5. The van der Waals surface area contributed by atoms with E-state index in [0.29, 0.717) is 11.7 Å². The van der Waals surface area contributed by atoms with Gasteiger partial charge in [0.25, 0.3) is 5.56 Å². The van der Waals surface area contributed by atoms with Crippen molar-refractivity contribution in [3.63, 3.8) is 0 Å². The number of halogens is 3. The first-order valence-electron chi connectivity index (χ1n) is 7.34. The van der Waals surface area contributed by atoms with Gasteiger partial charge in [0.1, 0.15) is 6.54 Å². The molecule has 4 rings (SSSR count). The molecule has 1 fully saturated rings. The van der Waals surface area contributed by atoms with Crippen LogP contribution in [0, 0.1) is 0 Å². The van der Waals surface area contributed by atoms with Gasteiger partial charge < -0.3 is 13.6 Å². The summed E-state index contributed by atoms with van der Waals surface area (Å²) in [7, 11) is 0. The second kappa shape index (κ2) is 5.53. The Morgan fingerprint density at radius 1 is 1.20 bits per heavy atom. The fourth-order valence-corrected chi connectivity index (χ4v) is 2.22. The first-order chi connectivity index (χ1) is 11.9. The number of rotatable bonds is 4. The average molecular weight is 353 g/mol. The molecule has 0 radical (unpaired) electrons. The lowest BCUT2D eigenvalue weighted by molar-refractivity contribution is -0.159. The molecule has 0 N–H and O–H groups in total. The lowest BCUT2D eigenvalue weighted by Gasteiger charge is -2.02. The van der Waals surface area contributed by atoms with E-state index in [0.717, 1.165) is 18.9 Å². The van der Waals surface area contributed by atoms with Crippen LogP contribution < -0.4 is 5.56 Å². The van der Waals surface area contributed by atoms with Crippen LogP contribution in [-0.2, 0) is 12.7 Å². The predicted octanol–water partition coefficient (Wildman–Crippen LogP) is 2.23. The normalized spacial score (nSPS) is 14.8. The summed E-state index contributed by atoms with van der Waals surface area (Å²) >= 11 is 0. The number of pyridine rings is 1. The van der Waals surface area contributed by atoms with Crippen LogP contribution in [-0.4, -0.2) is 24.8 Å². The fourth-order valence-electron chi connectivity index (χ4n) is 2.22. The standard InChI is InChI=1S/C14H10F3N5O3/c15-14(16,17)13-19-12(21-25-13)8-3-4-22(10(23)5-8)6-9-18-11(20-24-9)7-1-2-7/h3-5,7H,1-2,6H2. The van der Waals surface area contributed by atoms with Crippen LogP contribution in [0.25, 0.3) is 11.4 Å². The highest BCUT2D eigenvalue weighted by atomic mass is 19.4. The predicted molar refractivity (Wildman–Crippen MR) is 74.4 cm³/mol. The molecule has 0 amide bonds. The van der Waals surface area contributed by atoms with Crippen LogP contribution in [0.5, 0.6) is 0 Å². The SMILES string of the molecule is O=c1cc(-c2noc(C(F)(F)F)n2)ccn1Cc1nc(C2CC2)no1. The van der Waals surface area contributed by atoms with Gasteiger partial charge in [-0.15, -0.1) is 0 Å². The molecule has 1 aliphatic rings. The van der Waals surface area contributed by atoms with Gasteiger partial charge in [0.2, 0.25) is 11.7 Å². The van der Waals surface area contributed by atoms with Crippen molar-refractivity contribution in [2.75, 3.05) is 0 Å². The number of alkyl halides is 3. The summed E-state index contributed by atoms with van der Waals surface area (Å²) in [6.45, 7) is 0.0683. The first kappa shape index (κ1) is 15.5. The van der Waals surface area contributed by atoms with Gasteiger partial charge in [-0.1, -0.05) is 10.3 Å². The van der Waals surface area contributed by atoms with Crippen molar-refractivity contribution in [3.8, 4) is 11.4 Å². The van der Waals surface area contributed by atoms with Crippen molar-refractivity contribution in [2.24, 2.45) is 0 Å². The zero-order valence-corrected chi connectivity index (χ0v) is 12.5. The quantitative estimate of drug-likeness (QED) is 0.709. The first-order valence-corrected chi connectivity index (χ1v) is 7.34. The summed E-state index contributed by atoms with van der Waals surface area (Å²) in [6.07, 6.45) is -1.30. The molecule has 3 aromatic heterocycles. The van der Waals surface area contributed by atoms with E-state index in [1.54, 1.807) is 0 Å². The van der Waals surface area contributed by atoms with E-state index in [1.807, 2.05) is 0 Å². The molecule has 130 valence electrons. The Balaban J connectivity index is 1.55. The monoisotopic (exact) mass is 353 g/mol. The Morgan fingerprint density at radius 2 is 2.00 bits per heavy atom. The van der Waals surface area contributed by atoms with Gasteiger partial charge in [-0.2, -0.15) is 23.1 Å². The van der Waals surface area contributed by atoms with Crippen LogP contribution in [0.1, 0.15) is 36.4 Å². The molecule has 0 atom stereocenters.